The van der Waals surface area contributed by atoms with E-state index in [1.165, 1.54) is 17.8 Å². The van der Waals surface area contributed by atoms with Gasteiger partial charge in [0, 0.05) is 24.2 Å². The second-order valence-corrected chi connectivity index (χ2v) is 7.84. The van der Waals surface area contributed by atoms with Crippen LogP contribution in [0.2, 0.25) is 0 Å². The van der Waals surface area contributed by atoms with Gasteiger partial charge < -0.3 is 10.3 Å². The molecule has 5 nitrogen and oxygen atoms in total. The number of hydrogen-bond acceptors (Lipinski definition) is 4. The third kappa shape index (κ3) is 4.07. The lowest BCUT2D eigenvalue weighted by atomic mass is 9.86. The minimum Gasteiger partial charge on any atom is -0.310 e. The van der Waals surface area contributed by atoms with Crippen LogP contribution in [0.5, 0.6) is 0 Å². The quantitative estimate of drug-likeness (QED) is 0.498. The van der Waals surface area contributed by atoms with Crippen LogP contribution in [0, 0.1) is 18.6 Å². The number of hydrogen-bond donors (Lipinski definition) is 2. The van der Waals surface area contributed by atoms with Crippen molar-refractivity contribution < 1.29 is 13.6 Å². The molecule has 0 unspecified atom stereocenters. The maximum atomic E-state index is 14.3. The average molecular weight is 413 g/mol. The van der Waals surface area contributed by atoms with Crippen molar-refractivity contribution in [3.05, 3.63) is 86.7 Å². The largest absolute Gasteiger partial charge is 0.310 e. The average Bonchev–Trinajstić information content (AvgIpc) is 2.66. The number of fused-ring (bicyclic) bond motifs is 1. The molecule has 0 fully saturated rings. The number of carbonyl (C=O) groups excluding carboxylic acids is 1. The first kappa shape index (κ1) is 19.3. The van der Waals surface area contributed by atoms with E-state index in [4.69, 9.17) is 0 Å². The Morgan fingerprint density at radius 3 is 2.62 bits per heavy atom. The van der Waals surface area contributed by atoms with Crippen LogP contribution in [0.25, 0.3) is 0 Å². The number of anilines is 1. The van der Waals surface area contributed by atoms with Crippen LogP contribution in [0.3, 0.4) is 0 Å². The maximum absolute atomic E-state index is 14.3. The number of carbonyl (C=O) groups is 1. The van der Waals surface area contributed by atoms with Crippen molar-refractivity contribution >= 4 is 23.5 Å². The van der Waals surface area contributed by atoms with Gasteiger partial charge in [-0.3, -0.25) is 9.59 Å². The zero-order valence-electron chi connectivity index (χ0n) is 15.5. The summed E-state index contributed by atoms with van der Waals surface area (Å²) in [6, 6.07) is 11.1. The Bertz CT molecular complexity index is 1150. The van der Waals surface area contributed by atoms with Gasteiger partial charge in [0.15, 0.2) is 5.16 Å². The minimum atomic E-state index is -0.827. The molecule has 0 spiro atoms. The number of benzene rings is 2. The molecule has 2 N–H and O–H groups in total. The molecule has 2 aromatic carbocycles. The Kier molecular flexibility index (Phi) is 5.19. The summed E-state index contributed by atoms with van der Waals surface area (Å²) in [4.78, 5) is 32.0. The molecule has 0 radical (unpaired) electrons. The van der Waals surface area contributed by atoms with Gasteiger partial charge >= 0.3 is 0 Å². The summed E-state index contributed by atoms with van der Waals surface area (Å²) in [6.07, 6.45) is -0.115. The number of aromatic nitrogens is 2. The monoisotopic (exact) mass is 413 g/mol. The summed E-state index contributed by atoms with van der Waals surface area (Å²) in [7, 11) is 0. The van der Waals surface area contributed by atoms with Crippen LogP contribution in [0.1, 0.15) is 34.6 Å². The van der Waals surface area contributed by atoms with E-state index in [-0.39, 0.29) is 29.3 Å². The van der Waals surface area contributed by atoms with E-state index in [0.29, 0.717) is 10.9 Å². The molecule has 0 bridgehead atoms. The van der Waals surface area contributed by atoms with Gasteiger partial charge in [-0.15, -0.1) is 0 Å². The van der Waals surface area contributed by atoms with Gasteiger partial charge in [-0.2, -0.15) is 0 Å². The smallest absolute Gasteiger partial charge is 0.257 e. The number of aromatic amines is 1. The van der Waals surface area contributed by atoms with E-state index in [9.17, 15) is 18.4 Å². The molecule has 4 rings (SSSR count). The number of H-pyrrole nitrogens is 1. The second-order valence-electron chi connectivity index (χ2n) is 6.88. The summed E-state index contributed by atoms with van der Waals surface area (Å²) in [5, 5.41) is 2.95. The Labute approximate surface area is 169 Å². The Morgan fingerprint density at radius 1 is 1.14 bits per heavy atom. The summed E-state index contributed by atoms with van der Waals surface area (Å²) in [5.41, 5.74) is 2.04. The molecule has 0 saturated carbocycles. The van der Waals surface area contributed by atoms with Crippen molar-refractivity contribution in [1.29, 1.82) is 0 Å². The summed E-state index contributed by atoms with van der Waals surface area (Å²) in [6.45, 7) is 2.00. The summed E-state index contributed by atoms with van der Waals surface area (Å²) >= 11 is 1.33. The predicted molar refractivity (Wildman–Crippen MR) is 107 cm³/mol. The first-order chi connectivity index (χ1) is 13.9. The molecule has 0 aliphatic carbocycles. The van der Waals surface area contributed by atoms with Gasteiger partial charge in [0.05, 0.1) is 5.56 Å². The molecule has 8 heteroatoms. The first-order valence-corrected chi connectivity index (χ1v) is 9.96. The van der Waals surface area contributed by atoms with Crippen molar-refractivity contribution in [2.75, 3.05) is 5.32 Å². The van der Waals surface area contributed by atoms with Crippen molar-refractivity contribution in [1.82, 2.24) is 9.97 Å². The van der Waals surface area contributed by atoms with Crippen LogP contribution in [-0.4, -0.2) is 15.9 Å². The number of rotatable bonds is 4. The molecule has 3 aromatic rings. The second kappa shape index (κ2) is 7.79. The highest BCUT2D eigenvalue weighted by Gasteiger charge is 2.32. The van der Waals surface area contributed by atoms with Crippen LogP contribution >= 0.6 is 11.8 Å². The van der Waals surface area contributed by atoms with Gasteiger partial charge in [-0.05, 0) is 24.1 Å². The predicted octanol–water partition coefficient (Wildman–Crippen LogP) is 4.12. The number of halogens is 2. The molecular weight excluding hydrogens is 396 g/mol. The molecule has 1 aliphatic heterocycles. The fourth-order valence-corrected chi connectivity index (χ4v) is 4.12. The third-order valence-corrected chi connectivity index (χ3v) is 5.71. The number of nitrogens with zero attached hydrogens (tertiary/aromatic N) is 1. The minimum absolute atomic E-state index is 0.0925. The van der Waals surface area contributed by atoms with Crippen LogP contribution < -0.4 is 10.9 Å². The fraction of sp³-hybridized carbons (Fsp3) is 0.190. The van der Waals surface area contributed by atoms with Crippen LogP contribution in [-0.2, 0) is 10.5 Å². The van der Waals surface area contributed by atoms with E-state index in [0.717, 1.165) is 23.3 Å². The Balaban J connectivity index is 1.66. The molecule has 1 aromatic heterocycles. The van der Waals surface area contributed by atoms with Gasteiger partial charge in [0.25, 0.3) is 5.56 Å². The van der Waals surface area contributed by atoms with Crippen LogP contribution in [0.15, 0.2) is 52.4 Å². The standard InChI is InChI=1S/C21H17F2N3O2S/c1-11-2-4-12(5-3-11)10-29-21-25-19-18(20(28)26-21)15(9-17(27)24-19)14-7-6-13(22)8-16(14)23/h2-8,15H,9-10H2,1H3,(H2,24,25,26,27,28)/t15-/m0/s1. The van der Waals surface area contributed by atoms with E-state index in [2.05, 4.69) is 15.3 Å². The van der Waals surface area contributed by atoms with E-state index in [1.807, 2.05) is 31.2 Å². The summed E-state index contributed by atoms with van der Waals surface area (Å²) < 4.78 is 27.6. The maximum Gasteiger partial charge on any atom is 0.257 e. The molecule has 0 saturated heterocycles. The van der Waals surface area contributed by atoms with Crippen molar-refractivity contribution in [3.8, 4) is 0 Å². The highest BCUT2D eigenvalue weighted by molar-refractivity contribution is 7.98. The van der Waals surface area contributed by atoms with Crippen molar-refractivity contribution in [3.63, 3.8) is 0 Å². The highest BCUT2D eigenvalue weighted by atomic mass is 32.2. The molecule has 148 valence electrons. The summed E-state index contributed by atoms with van der Waals surface area (Å²) in [5.74, 6) is -2.02. The number of nitrogens with one attached hydrogen (secondary N) is 2. The van der Waals surface area contributed by atoms with Crippen molar-refractivity contribution in [2.45, 2.75) is 30.2 Å². The lowest BCUT2D eigenvalue weighted by molar-refractivity contribution is -0.116. The van der Waals surface area contributed by atoms with E-state index >= 15 is 0 Å². The zero-order chi connectivity index (χ0) is 20.5. The first-order valence-electron chi connectivity index (χ1n) is 8.98. The molecule has 1 atom stereocenters. The lowest BCUT2D eigenvalue weighted by Crippen LogP contribution is -2.31. The van der Waals surface area contributed by atoms with Gasteiger partial charge in [-0.1, -0.05) is 47.7 Å². The molecule has 29 heavy (non-hydrogen) atoms. The van der Waals surface area contributed by atoms with Gasteiger partial charge in [0.1, 0.15) is 17.5 Å². The highest BCUT2D eigenvalue weighted by Crippen LogP contribution is 2.36. The van der Waals surface area contributed by atoms with E-state index < -0.39 is 23.1 Å². The topological polar surface area (TPSA) is 74.8 Å². The molecule has 2 heterocycles. The van der Waals surface area contributed by atoms with Gasteiger partial charge in [-0.25, -0.2) is 13.8 Å². The molecular formula is C21H17F2N3O2S. The third-order valence-electron chi connectivity index (χ3n) is 4.76. The number of thioether (sulfide) groups is 1. The number of aryl methyl sites for hydroxylation is 1. The van der Waals surface area contributed by atoms with Gasteiger partial charge in [0.2, 0.25) is 5.91 Å². The van der Waals surface area contributed by atoms with Crippen LogP contribution in [0.4, 0.5) is 14.6 Å². The molecule has 1 aliphatic rings. The Morgan fingerprint density at radius 2 is 1.90 bits per heavy atom. The SMILES string of the molecule is Cc1ccc(CSc2nc3c(c(=O)[nH]2)[C@H](c2ccc(F)cc2F)CC(=O)N3)cc1. The van der Waals surface area contributed by atoms with E-state index in [1.54, 1.807) is 0 Å². The zero-order valence-corrected chi connectivity index (χ0v) is 16.3. The normalized spacial score (nSPS) is 15.7. The fourth-order valence-electron chi connectivity index (χ4n) is 3.30. The lowest BCUT2D eigenvalue weighted by Gasteiger charge is -2.24. The number of amides is 1. The van der Waals surface area contributed by atoms with Crippen molar-refractivity contribution in [2.24, 2.45) is 0 Å². The molecule has 1 amide bonds. The Hall–Kier alpha value is -3.00.